The fraction of sp³-hybridized carbons (Fsp3) is 0.231. The van der Waals surface area contributed by atoms with Crippen LogP contribution < -0.4 is 0 Å². The van der Waals surface area contributed by atoms with E-state index < -0.39 is 0 Å². The summed E-state index contributed by atoms with van der Waals surface area (Å²) in [5.74, 6) is -0.535. The van der Waals surface area contributed by atoms with E-state index in [1.807, 2.05) is 47.7 Å². The summed E-state index contributed by atoms with van der Waals surface area (Å²) < 4.78 is 16.7. The molecule has 4 aromatic rings. The number of rotatable bonds is 7. The van der Waals surface area contributed by atoms with Crippen LogP contribution in [0.25, 0.3) is 16.9 Å². The maximum Gasteiger partial charge on any atom is 0.275 e. The van der Waals surface area contributed by atoms with Crippen molar-refractivity contribution in [1.29, 1.82) is 0 Å². The van der Waals surface area contributed by atoms with E-state index >= 15 is 0 Å². The summed E-state index contributed by atoms with van der Waals surface area (Å²) in [6.07, 6.45) is 0. The van der Waals surface area contributed by atoms with Crippen molar-refractivity contribution in [1.82, 2.24) is 19.2 Å². The number of carbonyl (C=O) groups is 1. The molecule has 0 atom stereocenters. The van der Waals surface area contributed by atoms with Crippen molar-refractivity contribution in [3.63, 3.8) is 0 Å². The molecule has 0 aliphatic carbocycles. The first-order valence-corrected chi connectivity index (χ1v) is 12.5. The number of benzene rings is 2. The van der Waals surface area contributed by atoms with E-state index in [9.17, 15) is 9.18 Å². The van der Waals surface area contributed by atoms with Crippen molar-refractivity contribution in [2.75, 3.05) is 27.2 Å². The lowest BCUT2D eigenvalue weighted by molar-refractivity contribution is 0.0727. The van der Waals surface area contributed by atoms with Gasteiger partial charge < -0.3 is 9.80 Å². The molecule has 0 saturated heterocycles. The molecule has 2 heterocycles. The Labute approximate surface area is 222 Å². The van der Waals surface area contributed by atoms with Crippen LogP contribution in [-0.2, 0) is 6.54 Å². The van der Waals surface area contributed by atoms with Crippen molar-refractivity contribution in [2.45, 2.75) is 13.5 Å². The number of likely N-dealkylation sites (N-methyl/N-ethyl adjacent to an activating group) is 1. The fourth-order valence-electron chi connectivity index (χ4n) is 3.84. The molecule has 2 aromatic heterocycles. The second kappa shape index (κ2) is 10.7. The first-order chi connectivity index (χ1) is 16.7. The molecule has 0 N–H and O–H groups in total. The van der Waals surface area contributed by atoms with Gasteiger partial charge in [-0.15, -0.1) is 0 Å². The van der Waals surface area contributed by atoms with E-state index in [1.54, 1.807) is 36.1 Å². The van der Waals surface area contributed by atoms with Gasteiger partial charge in [0, 0.05) is 25.2 Å². The summed E-state index contributed by atoms with van der Waals surface area (Å²) in [6, 6.07) is 15.7. The molecule has 0 unspecified atom stereocenters. The molecule has 0 aliphatic rings. The molecular formula is C26H24BrCl2FN4O. The number of fused-ring (bicyclic) bond motifs is 1. The highest BCUT2D eigenvalue weighted by atomic mass is 79.9. The zero-order chi connectivity index (χ0) is 25.3. The monoisotopic (exact) mass is 576 g/mol. The maximum atomic E-state index is 14.1. The van der Waals surface area contributed by atoms with Gasteiger partial charge in [0.2, 0.25) is 0 Å². The van der Waals surface area contributed by atoms with Crippen molar-refractivity contribution in [3.8, 4) is 11.3 Å². The number of hydrogen-bond acceptors (Lipinski definition) is 3. The number of halogens is 4. The van der Waals surface area contributed by atoms with Gasteiger partial charge in [0.25, 0.3) is 5.91 Å². The summed E-state index contributed by atoms with van der Waals surface area (Å²) in [5.41, 5.74) is 3.56. The number of aryl methyl sites for hydroxylation is 1. The Morgan fingerprint density at radius 2 is 1.83 bits per heavy atom. The molecule has 0 saturated carbocycles. The largest absolute Gasteiger partial charge is 0.332 e. The van der Waals surface area contributed by atoms with Crippen LogP contribution in [0.3, 0.4) is 0 Å². The first kappa shape index (κ1) is 25.6. The Hall–Kier alpha value is -2.45. The van der Waals surface area contributed by atoms with Gasteiger partial charge in [0.05, 0.1) is 20.3 Å². The Bertz CT molecular complexity index is 1410. The van der Waals surface area contributed by atoms with Gasteiger partial charge >= 0.3 is 0 Å². The SMILES string of the molecule is Cc1cc(-c2c(C(=O)N(CCN(C)C)Cc3ccc(Cl)c(Cl)c3)nc3cccc(Br)n23)ccc1F. The number of carbonyl (C=O) groups excluding carboxylic acids is 1. The molecular weight excluding hydrogens is 554 g/mol. The van der Waals surface area contributed by atoms with Crippen molar-refractivity contribution < 1.29 is 9.18 Å². The highest BCUT2D eigenvalue weighted by molar-refractivity contribution is 9.10. The van der Waals surface area contributed by atoms with Crippen LogP contribution in [-0.4, -0.2) is 52.3 Å². The van der Waals surface area contributed by atoms with Gasteiger partial charge in [-0.2, -0.15) is 0 Å². The van der Waals surface area contributed by atoms with Crippen molar-refractivity contribution >= 4 is 50.7 Å². The second-order valence-electron chi connectivity index (χ2n) is 8.59. The summed E-state index contributed by atoms with van der Waals surface area (Å²) in [7, 11) is 3.91. The zero-order valence-corrected chi connectivity index (χ0v) is 22.6. The average Bonchev–Trinajstić information content (AvgIpc) is 3.21. The lowest BCUT2D eigenvalue weighted by Gasteiger charge is -2.24. The predicted octanol–water partition coefficient (Wildman–Crippen LogP) is 6.72. The van der Waals surface area contributed by atoms with Crippen LogP contribution in [0.2, 0.25) is 10.0 Å². The minimum absolute atomic E-state index is 0.231. The molecule has 0 bridgehead atoms. The van der Waals surface area contributed by atoms with E-state index in [-0.39, 0.29) is 11.7 Å². The lowest BCUT2D eigenvalue weighted by Crippen LogP contribution is -2.36. The predicted molar refractivity (Wildman–Crippen MR) is 143 cm³/mol. The smallest absolute Gasteiger partial charge is 0.275 e. The molecule has 4 rings (SSSR count). The normalized spacial score (nSPS) is 11.4. The van der Waals surface area contributed by atoms with E-state index in [4.69, 9.17) is 28.2 Å². The minimum atomic E-state index is -0.304. The summed E-state index contributed by atoms with van der Waals surface area (Å²) in [5, 5.41) is 0.893. The number of aromatic nitrogens is 2. The zero-order valence-electron chi connectivity index (χ0n) is 19.5. The Balaban J connectivity index is 1.84. The third kappa shape index (κ3) is 5.54. The van der Waals surface area contributed by atoms with Crippen LogP contribution in [0.1, 0.15) is 21.6 Å². The fourth-order valence-corrected chi connectivity index (χ4v) is 4.67. The van der Waals surface area contributed by atoms with Crippen LogP contribution in [0.4, 0.5) is 4.39 Å². The van der Waals surface area contributed by atoms with Crippen molar-refractivity contribution in [2.24, 2.45) is 0 Å². The molecule has 0 spiro atoms. The lowest BCUT2D eigenvalue weighted by atomic mass is 10.1. The number of amides is 1. The van der Waals surface area contributed by atoms with Crippen LogP contribution in [0.15, 0.2) is 59.2 Å². The molecule has 0 fully saturated rings. The van der Waals surface area contributed by atoms with Crippen LogP contribution in [0.5, 0.6) is 0 Å². The summed E-state index contributed by atoms with van der Waals surface area (Å²) in [6.45, 7) is 3.17. The number of nitrogens with zero attached hydrogens (tertiary/aromatic N) is 4. The van der Waals surface area contributed by atoms with Gasteiger partial charge in [-0.25, -0.2) is 9.37 Å². The molecule has 0 aliphatic heterocycles. The molecule has 0 radical (unpaired) electrons. The van der Waals surface area contributed by atoms with Gasteiger partial charge in [0.15, 0.2) is 5.69 Å². The highest BCUT2D eigenvalue weighted by Gasteiger charge is 2.26. The van der Waals surface area contributed by atoms with Gasteiger partial charge in [0.1, 0.15) is 11.5 Å². The summed E-state index contributed by atoms with van der Waals surface area (Å²) in [4.78, 5) is 22.5. The van der Waals surface area contributed by atoms with E-state index in [0.29, 0.717) is 57.8 Å². The number of hydrogen-bond donors (Lipinski definition) is 0. The standard InChI is InChI=1S/C26H24BrCl2FN4O/c1-16-13-18(8-10-21(16)30)25-24(31-23-6-4-5-22(27)34(23)25)26(35)33(12-11-32(2)3)15-17-7-9-19(28)20(29)14-17/h4-10,13-14H,11-12,15H2,1-3H3. The third-order valence-corrected chi connectivity index (χ3v) is 7.05. The third-order valence-electron chi connectivity index (χ3n) is 5.69. The minimum Gasteiger partial charge on any atom is -0.332 e. The molecule has 9 heteroatoms. The molecule has 35 heavy (non-hydrogen) atoms. The topological polar surface area (TPSA) is 40.9 Å². The molecule has 2 aromatic carbocycles. The van der Waals surface area contributed by atoms with Gasteiger partial charge in [-0.1, -0.05) is 35.3 Å². The van der Waals surface area contributed by atoms with E-state index in [0.717, 1.165) is 10.2 Å². The van der Waals surface area contributed by atoms with E-state index in [1.165, 1.54) is 6.07 Å². The number of imidazole rings is 1. The Kier molecular flexibility index (Phi) is 7.81. The molecule has 182 valence electrons. The Morgan fingerprint density at radius 3 is 2.51 bits per heavy atom. The Morgan fingerprint density at radius 1 is 1.06 bits per heavy atom. The number of pyridine rings is 1. The highest BCUT2D eigenvalue weighted by Crippen LogP contribution is 2.31. The van der Waals surface area contributed by atoms with Crippen molar-refractivity contribution in [3.05, 3.63) is 91.9 Å². The average molecular weight is 578 g/mol. The van der Waals surface area contributed by atoms with Crippen LogP contribution >= 0.6 is 39.1 Å². The molecule has 1 amide bonds. The molecule has 5 nitrogen and oxygen atoms in total. The first-order valence-electron chi connectivity index (χ1n) is 11.0. The summed E-state index contributed by atoms with van der Waals surface area (Å²) >= 11 is 15.9. The quantitative estimate of drug-likeness (QED) is 0.229. The van der Waals surface area contributed by atoms with E-state index in [2.05, 4.69) is 15.9 Å². The maximum absolute atomic E-state index is 14.1. The van der Waals surface area contributed by atoms with Gasteiger partial charge in [-0.3, -0.25) is 9.20 Å². The second-order valence-corrected chi connectivity index (χ2v) is 10.2. The van der Waals surface area contributed by atoms with Gasteiger partial charge in [-0.05, 0) is 90.5 Å². The van der Waals surface area contributed by atoms with Crippen LogP contribution in [0, 0.1) is 12.7 Å².